The monoisotopic (exact) mass is 387 g/mol. The molecule has 3 heterocycles. The molecule has 1 unspecified atom stereocenters. The zero-order valence-corrected chi connectivity index (χ0v) is 16.1. The maximum atomic E-state index is 11.9. The minimum Gasteiger partial charge on any atom is -0.460 e. The van der Waals surface area contributed by atoms with Crippen LogP contribution in [-0.2, 0) is 20.9 Å². The average molecular weight is 387 g/mol. The molecule has 27 heavy (non-hydrogen) atoms. The van der Waals surface area contributed by atoms with E-state index >= 15 is 0 Å². The van der Waals surface area contributed by atoms with Gasteiger partial charge in [-0.3, -0.25) is 14.5 Å². The Labute approximate surface area is 161 Å². The van der Waals surface area contributed by atoms with Gasteiger partial charge in [0.15, 0.2) is 16.6 Å². The second-order valence-electron chi connectivity index (χ2n) is 7.49. The van der Waals surface area contributed by atoms with Gasteiger partial charge in [-0.1, -0.05) is 23.4 Å². The third-order valence-corrected chi connectivity index (χ3v) is 6.84. The van der Waals surface area contributed by atoms with Crippen LogP contribution in [0.15, 0.2) is 23.8 Å². The van der Waals surface area contributed by atoms with Gasteiger partial charge in [0, 0.05) is 38.9 Å². The van der Waals surface area contributed by atoms with Crippen LogP contribution in [0, 0.1) is 0 Å². The number of thioether (sulfide) groups is 1. The van der Waals surface area contributed by atoms with E-state index in [2.05, 4.69) is 17.0 Å². The molecule has 0 amide bonds. The first-order valence-electron chi connectivity index (χ1n) is 9.23. The van der Waals surface area contributed by atoms with Crippen LogP contribution >= 0.6 is 11.8 Å². The van der Waals surface area contributed by atoms with Gasteiger partial charge in [0.25, 0.3) is 0 Å². The molecule has 1 aromatic rings. The number of hydrogen-bond acceptors (Lipinski definition) is 7. The van der Waals surface area contributed by atoms with Crippen molar-refractivity contribution in [3.63, 3.8) is 0 Å². The molecule has 1 aromatic carbocycles. The van der Waals surface area contributed by atoms with Crippen LogP contribution in [0.3, 0.4) is 0 Å². The quantitative estimate of drug-likeness (QED) is 0.571. The second-order valence-corrected chi connectivity index (χ2v) is 8.84. The molecular formula is C20H21NO5S. The van der Waals surface area contributed by atoms with E-state index in [9.17, 15) is 9.59 Å². The van der Waals surface area contributed by atoms with Gasteiger partial charge >= 0.3 is 5.97 Å². The highest BCUT2D eigenvalue weighted by molar-refractivity contribution is 8.14. The van der Waals surface area contributed by atoms with Crippen molar-refractivity contribution < 1.29 is 23.8 Å². The summed E-state index contributed by atoms with van der Waals surface area (Å²) < 4.78 is 17.0. The van der Waals surface area contributed by atoms with Crippen molar-refractivity contribution >= 4 is 22.8 Å². The Kier molecular flexibility index (Phi) is 3.98. The average Bonchev–Trinajstić information content (AvgIpc) is 3.21. The first kappa shape index (κ1) is 17.1. The van der Waals surface area contributed by atoms with Crippen molar-refractivity contribution in [2.75, 3.05) is 13.3 Å². The maximum Gasteiger partial charge on any atom is 0.302 e. The predicted molar refractivity (Wildman–Crippen MR) is 99.8 cm³/mol. The summed E-state index contributed by atoms with van der Waals surface area (Å²) in [5.74, 6) is 1.19. The van der Waals surface area contributed by atoms with E-state index in [-0.39, 0.29) is 41.2 Å². The summed E-state index contributed by atoms with van der Waals surface area (Å²) in [5, 5.41) is -0.136. The zero-order chi connectivity index (χ0) is 18.7. The van der Waals surface area contributed by atoms with Crippen LogP contribution in [0.1, 0.15) is 37.3 Å². The summed E-state index contributed by atoms with van der Waals surface area (Å²) in [6, 6.07) is 4.32. The summed E-state index contributed by atoms with van der Waals surface area (Å²) in [7, 11) is 0. The normalized spacial score (nSPS) is 30.4. The van der Waals surface area contributed by atoms with Crippen LogP contribution < -0.4 is 9.47 Å². The molecule has 1 aliphatic carbocycles. The fourth-order valence-electron chi connectivity index (χ4n) is 4.94. The van der Waals surface area contributed by atoms with E-state index in [1.807, 2.05) is 6.07 Å². The standard InChI is InChI=1S/C20H21NO5S/c1-10(22)26-20-17(27-11(2)23)6-12-3-4-21-8-13-5-15-16(25-9-24-15)7-14(13)18(20)19(12)21/h5-7,17-20H,3-4,8-9H2,1-2H3/t17-,18-,19?,20+/m0/s1. The molecular weight excluding hydrogens is 366 g/mol. The van der Waals surface area contributed by atoms with Gasteiger partial charge in [-0.15, -0.1) is 0 Å². The summed E-state index contributed by atoms with van der Waals surface area (Å²) in [6.45, 7) is 5.06. The Morgan fingerprint density at radius 1 is 1.22 bits per heavy atom. The molecule has 0 spiro atoms. The third-order valence-electron chi connectivity index (χ3n) is 5.83. The van der Waals surface area contributed by atoms with E-state index in [0.717, 1.165) is 36.6 Å². The number of benzene rings is 1. The van der Waals surface area contributed by atoms with Crippen molar-refractivity contribution in [2.24, 2.45) is 0 Å². The molecule has 4 aliphatic rings. The lowest BCUT2D eigenvalue weighted by Crippen LogP contribution is -2.50. The lowest BCUT2D eigenvalue weighted by molar-refractivity contribution is -0.148. The number of rotatable bonds is 2. The Morgan fingerprint density at radius 2 is 2.00 bits per heavy atom. The molecule has 142 valence electrons. The number of ether oxygens (including phenoxy) is 3. The molecule has 1 saturated heterocycles. The number of hydrogen-bond donors (Lipinski definition) is 0. The maximum absolute atomic E-state index is 11.9. The van der Waals surface area contributed by atoms with E-state index in [1.54, 1.807) is 6.92 Å². The van der Waals surface area contributed by atoms with Crippen molar-refractivity contribution in [2.45, 2.75) is 50.1 Å². The molecule has 1 fully saturated rings. The van der Waals surface area contributed by atoms with Crippen LogP contribution in [0.4, 0.5) is 0 Å². The minimum atomic E-state index is -0.384. The van der Waals surface area contributed by atoms with E-state index in [0.29, 0.717) is 0 Å². The van der Waals surface area contributed by atoms with E-state index in [1.165, 1.54) is 29.8 Å². The topological polar surface area (TPSA) is 65.1 Å². The largest absolute Gasteiger partial charge is 0.460 e. The number of carbonyl (C=O) groups excluding carboxylic acids is 2. The third kappa shape index (κ3) is 2.75. The Bertz CT molecular complexity index is 866. The predicted octanol–water partition coefficient (Wildman–Crippen LogP) is 2.61. The molecule has 0 bridgehead atoms. The number of carbonyl (C=O) groups is 2. The lowest BCUT2D eigenvalue weighted by atomic mass is 9.73. The second kappa shape index (κ2) is 6.27. The summed E-state index contributed by atoms with van der Waals surface area (Å²) >= 11 is 1.25. The van der Waals surface area contributed by atoms with Crippen LogP contribution in [0.5, 0.6) is 11.5 Å². The Hall–Kier alpha value is -1.99. The van der Waals surface area contributed by atoms with Gasteiger partial charge in [0.1, 0.15) is 6.10 Å². The van der Waals surface area contributed by atoms with Crippen LogP contribution in [0.25, 0.3) is 0 Å². The Morgan fingerprint density at radius 3 is 2.74 bits per heavy atom. The molecule has 0 radical (unpaired) electrons. The summed E-state index contributed by atoms with van der Waals surface area (Å²) in [6.07, 6.45) is 2.77. The fourth-order valence-corrected chi connectivity index (χ4v) is 5.92. The van der Waals surface area contributed by atoms with Crippen LogP contribution in [0.2, 0.25) is 0 Å². The van der Waals surface area contributed by atoms with Gasteiger partial charge in [-0.05, 0) is 29.7 Å². The molecule has 4 atom stereocenters. The summed E-state index contributed by atoms with van der Waals surface area (Å²) in [4.78, 5) is 26.2. The number of fused-ring (bicyclic) bond motifs is 3. The smallest absolute Gasteiger partial charge is 0.302 e. The van der Waals surface area contributed by atoms with Gasteiger partial charge in [-0.25, -0.2) is 0 Å². The van der Waals surface area contributed by atoms with Gasteiger partial charge in [0.05, 0.1) is 5.25 Å². The SMILES string of the molecule is CC(=O)O[C@@H]1[C@@H](SC(C)=O)C=C2CCN3Cc4cc5c(cc4[C@H]1C23)OCO5. The van der Waals surface area contributed by atoms with Crippen molar-refractivity contribution in [1.82, 2.24) is 4.90 Å². The molecule has 5 rings (SSSR count). The lowest BCUT2D eigenvalue weighted by Gasteiger charge is -2.46. The van der Waals surface area contributed by atoms with Gasteiger partial charge in [-0.2, -0.15) is 0 Å². The molecule has 0 aromatic heterocycles. The number of esters is 1. The van der Waals surface area contributed by atoms with Crippen molar-refractivity contribution in [3.05, 3.63) is 34.9 Å². The summed E-state index contributed by atoms with van der Waals surface area (Å²) in [5.41, 5.74) is 3.69. The van der Waals surface area contributed by atoms with E-state index < -0.39 is 0 Å². The Balaban J connectivity index is 1.65. The minimum absolute atomic E-state index is 0.00787. The molecule has 7 heteroatoms. The first-order chi connectivity index (χ1) is 13.0. The van der Waals surface area contributed by atoms with Crippen molar-refractivity contribution in [3.8, 4) is 11.5 Å². The molecule has 6 nitrogen and oxygen atoms in total. The fraction of sp³-hybridized carbons (Fsp3) is 0.500. The molecule has 0 N–H and O–H groups in total. The highest BCUT2D eigenvalue weighted by Gasteiger charge is 2.51. The molecule has 0 saturated carbocycles. The highest BCUT2D eigenvalue weighted by Crippen LogP contribution is 2.51. The van der Waals surface area contributed by atoms with Crippen LogP contribution in [-0.4, -0.2) is 46.7 Å². The number of nitrogens with zero attached hydrogens (tertiary/aromatic N) is 1. The molecule has 3 aliphatic heterocycles. The first-order valence-corrected chi connectivity index (χ1v) is 10.1. The highest BCUT2D eigenvalue weighted by atomic mass is 32.2. The zero-order valence-electron chi connectivity index (χ0n) is 15.3. The van der Waals surface area contributed by atoms with Gasteiger partial charge < -0.3 is 14.2 Å². The van der Waals surface area contributed by atoms with Gasteiger partial charge in [0.2, 0.25) is 6.79 Å². The van der Waals surface area contributed by atoms with Crippen molar-refractivity contribution in [1.29, 1.82) is 0 Å². The van der Waals surface area contributed by atoms with E-state index in [4.69, 9.17) is 14.2 Å².